The number of aliphatic imine (C=N–C) groups is 1. The van der Waals surface area contributed by atoms with Gasteiger partial charge in [-0.2, -0.15) is 0 Å². The van der Waals surface area contributed by atoms with E-state index in [-0.39, 0.29) is 24.0 Å². The predicted molar refractivity (Wildman–Crippen MR) is 101 cm³/mol. The second kappa shape index (κ2) is 8.52. The number of halogens is 1. The molecule has 0 bridgehead atoms. The number of hydrogen-bond donors (Lipinski definition) is 1. The standard InChI is InChI=1S/C15H20N4OS.HI/c16-15(19-7-3-1-2-4-8-19)17-10-12-11-21-14(18-12)13-6-5-9-20-13;/h5-6,9,11H,1-4,7-8,10H2,(H2,16,17);1H. The van der Waals surface area contributed by atoms with E-state index >= 15 is 0 Å². The maximum atomic E-state index is 6.10. The van der Waals surface area contributed by atoms with E-state index in [4.69, 9.17) is 10.2 Å². The van der Waals surface area contributed by atoms with E-state index in [9.17, 15) is 0 Å². The van der Waals surface area contributed by atoms with Crippen LogP contribution in [0, 0.1) is 0 Å². The number of thiazole rings is 1. The molecule has 1 fully saturated rings. The van der Waals surface area contributed by atoms with Crippen molar-refractivity contribution in [1.82, 2.24) is 9.88 Å². The third kappa shape index (κ3) is 4.45. The number of aromatic nitrogens is 1. The van der Waals surface area contributed by atoms with Crippen LogP contribution < -0.4 is 5.73 Å². The van der Waals surface area contributed by atoms with Crippen molar-refractivity contribution in [3.05, 3.63) is 29.5 Å². The summed E-state index contributed by atoms with van der Waals surface area (Å²) in [6.45, 7) is 2.56. The van der Waals surface area contributed by atoms with E-state index in [0.29, 0.717) is 12.5 Å². The van der Waals surface area contributed by atoms with Crippen LogP contribution in [0.3, 0.4) is 0 Å². The zero-order valence-electron chi connectivity index (χ0n) is 12.4. The number of likely N-dealkylation sites (tertiary alicyclic amines) is 1. The summed E-state index contributed by atoms with van der Waals surface area (Å²) in [5, 5.41) is 2.90. The van der Waals surface area contributed by atoms with Crippen molar-refractivity contribution in [2.24, 2.45) is 10.7 Å². The largest absolute Gasteiger partial charge is 0.462 e. The molecular weight excluding hydrogens is 411 g/mol. The molecule has 0 atom stereocenters. The van der Waals surface area contributed by atoms with Gasteiger partial charge in [-0.15, -0.1) is 35.3 Å². The summed E-state index contributed by atoms with van der Waals surface area (Å²) in [5.41, 5.74) is 7.03. The summed E-state index contributed by atoms with van der Waals surface area (Å²) in [7, 11) is 0. The maximum Gasteiger partial charge on any atom is 0.191 e. The number of nitrogens with two attached hydrogens (primary N) is 1. The zero-order chi connectivity index (χ0) is 14.5. The molecule has 0 saturated carbocycles. The third-order valence-electron chi connectivity index (χ3n) is 3.62. The van der Waals surface area contributed by atoms with E-state index < -0.39 is 0 Å². The van der Waals surface area contributed by atoms with Crippen molar-refractivity contribution in [3.63, 3.8) is 0 Å². The molecule has 1 aliphatic rings. The van der Waals surface area contributed by atoms with Crippen LogP contribution in [0.1, 0.15) is 31.4 Å². The van der Waals surface area contributed by atoms with E-state index in [1.54, 1.807) is 17.6 Å². The molecule has 0 amide bonds. The Bertz CT molecular complexity index is 588. The van der Waals surface area contributed by atoms with Gasteiger partial charge in [-0.25, -0.2) is 9.98 Å². The molecule has 0 aromatic carbocycles. The molecule has 22 heavy (non-hydrogen) atoms. The molecule has 0 radical (unpaired) electrons. The van der Waals surface area contributed by atoms with Crippen LogP contribution in [0.15, 0.2) is 33.2 Å². The normalized spacial score (nSPS) is 16.2. The summed E-state index contributed by atoms with van der Waals surface area (Å²) >= 11 is 1.57. The van der Waals surface area contributed by atoms with Crippen molar-refractivity contribution in [1.29, 1.82) is 0 Å². The van der Waals surface area contributed by atoms with E-state index in [2.05, 4.69) is 14.9 Å². The fourth-order valence-corrected chi connectivity index (χ4v) is 3.23. The molecule has 2 aromatic rings. The molecule has 2 N–H and O–H groups in total. The van der Waals surface area contributed by atoms with Gasteiger partial charge in [0.05, 0.1) is 18.5 Å². The molecule has 0 unspecified atom stereocenters. The Morgan fingerprint density at radius 1 is 1.32 bits per heavy atom. The number of furan rings is 1. The van der Waals surface area contributed by atoms with Crippen LogP contribution in [0.5, 0.6) is 0 Å². The lowest BCUT2D eigenvalue weighted by Gasteiger charge is -2.20. The quantitative estimate of drug-likeness (QED) is 0.456. The van der Waals surface area contributed by atoms with Crippen LogP contribution in [0.4, 0.5) is 0 Å². The second-order valence-corrected chi connectivity index (χ2v) is 6.06. The Morgan fingerprint density at radius 3 is 2.77 bits per heavy atom. The summed E-state index contributed by atoms with van der Waals surface area (Å²) in [4.78, 5) is 11.2. The fourth-order valence-electron chi connectivity index (χ4n) is 2.45. The van der Waals surface area contributed by atoms with Crippen molar-refractivity contribution >= 4 is 41.3 Å². The summed E-state index contributed by atoms with van der Waals surface area (Å²) in [6, 6.07) is 3.78. The minimum Gasteiger partial charge on any atom is -0.462 e. The van der Waals surface area contributed by atoms with Gasteiger partial charge in [-0.1, -0.05) is 12.8 Å². The van der Waals surface area contributed by atoms with Gasteiger partial charge in [-0.05, 0) is 25.0 Å². The molecule has 1 saturated heterocycles. The molecule has 120 valence electrons. The lowest BCUT2D eigenvalue weighted by Crippen LogP contribution is -2.38. The summed E-state index contributed by atoms with van der Waals surface area (Å²) in [5.74, 6) is 1.44. The summed E-state index contributed by atoms with van der Waals surface area (Å²) < 4.78 is 5.35. The van der Waals surface area contributed by atoms with Crippen LogP contribution >= 0.6 is 35.3 Å². The van der Waals surface area contributed by atoms with Crippen LogP contribution in [-0.4, -0.2) is 28.9 Å². The van der Waals surface area contributed by atoms with E-state index in [1.165, 1.54) is 25.7 Å². The molecule has 0 aliphatic carbocycles. The van der Waals surface area contributed by atoms with Gasteiger partial charge in [0.25, 0.3) is 0 Å². The SMILES string of the molecule is I.NC(=NCc1csc(-c2ccco2)n1)N1CCCCCC1. The first kappa shape index (κ1) is 17.3. The van der Waals surface area contributed by atoms with E-state index in [0.717, 1.165) is 29.6 Å². The van der Waals surface area contributed by atoms with Crippen molar-refractivity contribution in [2.45, 2.75) is 32.2 Å². The highest BCUT2D eigenvalue weighted by atomic mass is 127. The first-order valence-corrected chi connectivity index (χ1v) is 8.24. The van der Waals surface area contributed by atoms with Gasteiger partial charge >= 0.3 is 0 Å². The third-order valence-corrected chi connectivity index (χ3v) is 4.52. The average molecular weight is 432 g/mol. The van der Waals surface area contributed by atoms with Crippen molar-refractivity contribution < 1.29 is 4.42 Å². The predicted octanol–water partition coefficient (Wildman–Crippen LogP) is 3.71. The van der Waals surface area contributed by atoms with Gasteiger partial charge < -0.3 is 15.1 Å². The minimum absolute atomic E-state index is 0. The Balaban J connectivity index is 0.00000176. The molecule has 3 rings (SSSR count). The topological polar surface area (TPSA) is 67.6 Å². The molecule has 2 aromatic heterocycles. The number of hydrogen-bond acceptors (Lipinski definition) is 4. The molecular formula is C15H21IN4OS. The van der Waals surface area contributed by atoms with Crippen LogP contribution in [-0.2, 0) is 6.54 Å². The highest BCUT2D eigenvalue weighted by molar-refractivity contribution is 14.0. The maximum absolute atomic E-state index is 6.10. The van der Waals surface area contributed by atoms with Gasteiger partial charge in [-0.3, -0.25) is 0 Å². The lowest BCUT2D eigenvalue weighted by atomic mass is 10.2. The monoisotopic (exact) mass is 432 g/mol. The zero-order valence-corrected chi connectivity index (χ0v) is 15.5. The number of rotatable bonds is 3. The first-order chi connectivity index (χ1) is 10.3. The lowest BCUT2D eigenvalue weighted by molar-refractivity contribution is 0.428. The van der Waals surface area contributed by atoms with E-state index in [1.807, 2.05) is 17.5 Å². The fraction of sp³-hybridized carbons (Fsp3) is 0.467. The van der Waals surface area contributed by atoms with Gasteiger partial charge in [0.2, 0.25) is 0 Å². The summed E-state index contributed by atoms with van der Waals surface area (Å²) in [6.07, 6.45) is 6.65. The molecule has 7 heteroatoms. The van der Waals surface area contributed by atoms with Gasteiger partial charge in [0.1, 0.15) is 0 Å². The van der Waals surface area contributed by atoms with Crippen LogP contribution in [0.2, 0.25) is 0 Å². The molecule has 5 nitrogen and oxygen atoms in total. The Morgan fingerprint density at radius 2 is 2.09 bits per heavy atom. The Labute approximate surface area is 151 Å². The number of guanidine groups is 1. The molecule has 0 spiro atoms. The Kier molecular flexibility index (Phi) is 6.69. The highest BCUT2D eigenvalue weighted by Crippen LogP contribution is 2.24. The van der Waals surface area contributed by atoms with Crippen LogP contribution in [0.25, 0.3) is 10.8 Å². The Hall–Kier alpha value is -1.09. The van der Waals surface area contributed by atoms with Gasteiger partial charge in [0, 0.05) is 18.5 Å². The average Bonchev–Trinajstić information content (AvgIpc) is 3.11. The van der Waals surface area contributed by atoms with Gasteiger partial charge in [0.15, 0.2) is 16.7 Å². The number of nitrogens with zero attached hydrogens (tertiary/aromatic N) is 3. The smallest absolute Gasteiger partial charge is 0.191 e. The minimum atomic E-state index is 0. The first-order valence-electron chi connectivity index (χ1n) is 7.36. The molecule has 1 aliphatic heterocycles. The highest BCUT2D eigenvalue weighted by Gasteiger charge is 2.11. The molecule has 3 heterocycles. The second-order valence-electron chi connectivity index (χ2n) is 5.20. The van der Waals surface area contributed by atoms with Crippen molar-refractivity contribution in [3.8, 4) is 10.8 Å². The van der Waals surface area contributed by atoms with Crippen molar-refractivity contribution in [2.75, 3.05) is 13.1 Å².